The van der Waals surface area contributed by atoms with Gasteiger partial charge in [0.05, 0.1) is 31.4 Å². The molecule has 2 aromatic rings. The smallest absolute Gasteiger partial charge is 0.295 e. The van der Waals surface area contributed by atoms with Crippen LogP contribution in [0.1, 0.15) is 36.6 Å². The molecule has 7 heteroatoms. The van der Waals surface area contributed by atoms with E-state index < -0.39 is 17.7 Å². The normalized spacial score (nSPS) is 17.8. The summed E-state index contributed by atoms with van der Waals surface area (Å²) in [6, 6.07) is 11.6. The van der Waals surface area contributed by atoms with Gasteiger partial charge in [0.25, 0.3) is 11.7 Å². The number of ketones is 1. The van der Waals surface area contributed by atoms with E-state index in [4.69, 9.17) is 14.2 Å². The summed E-state index contributed by atoms with van der Waals surface area (Å²) >= 11 is 0. The van der Waals surface area contributed by atoms with Crippen LogP contribution in [0, 0.1) is 6.92 Å². The number of hydrogen-bond acceptors (Lipinski definition) is 6. The second kappa shape index (κ2) is 9.87. The van der Waals surface area contributed by atoms with Gasteiger partial charge in [-0.2, -0.15) is 0 Å². The zero-order valence-corrected chi connectivity index (χ0v) is 19.0. The van der Waals surface area contributed by atoms with Gasteiger partial charge in [-0.15, -0.1) is 0 Å². The first-order chi connectivity index (χ1) is 15.3. The summed E-state index contributed by atoms with van der Waals surface area (Å²) in [6.45, 7) is 6.20. The third-order valence-electron chi connectivity index (χ3n) is 5.31. The summed E-state index contributed by atoms with van der Waals surface area (Å²) in [4.78, 5) is 27.3. The number of ether oxygens (including phenoxy) is 3. The van der Waals surface area contributed by atoms with Gasteiger partial charge in [0.15, 0.2) is 0 Å². The van der Waals surface area contributed by atoms with Gasteiger partial charge < -0.3 is 24.2 Å². The Labute approximate surface area is 188 Å². The lowest BCUT2D eigenvalue weighted by molar-refractivity contribution is -0.140. The Hall–Kier alpha value is -3.32. The maximum absolute atomic E-state index is 13.0. The molecule has 1 atom stereocenters. The Morgan fingerprint density at radius 1 is 1.09 bits per heavy atom. The Kier molecular flexibility index (Phi) is 7.20. The van der Waals surface area contributed by atoms with Crippen molar-refractivity contribution in [1.29, 1.82) is 0 Å². The molecule has 1 fully saturated rings. The molecule has 32 heavy (non-hydrogen) atoms. The van der Waals surface area contributed by atoms with Crippen LogP contribution in [0.4, 0.5) is 0 Å². The van der Waals surface area contributed by atoms with Gasteiger partial charge in [-0.1, -0.05) is 12.1 Å². The highest BCUT2D eigenvalue weighted by Gasteiger charge is 2.45. The predicted molar refractivity (Wildman–Crippen MR) is 121 cm³/mol. The Morgan fingerprint density at radius 3 is 2.34 bits per heavy atom. The fourth-order valence-corrected chi connectivity index (χ4v) is 3.83. The summed E-state index contributed by atoms with van der Waals surface area (Å²) < 4.78 is 16.1. The summed E-state index contributed by atoms with van der Waals surface area (Å²) in [5.41, 5.74) is 1.99. The van der Waals surface area contributed by atoms with E-state index in [0.29, 0.717) is 22.6 Å². The number of carbonyl (C=O) groups is 2. The van der Waals surface area contributed by atoms with Crippen molar-refractivity contribution >= 4 is 17.4 Å². The van der Waals surface area contributed by atoms with Crippen molar-refractivity contribution < 1.29 is 28.9 Å². The average molecular weight is 440 g/mol. The maximum Gasteiger partial charge on any atom is 0.295 e. The predicted octanol–water partition coefficient (Wildman–Crippen LogP) is 3.86. The number of Topliss-reactive ketones (excluding diaryl/α,β-unsaturated/α-hetero) is 1. The van der Waals surface area contributed by atoms with Crippen molar-refractivity contribution in [2.24, 2.45) is 0 Å². The van der Waals surface area contributed by atoms with E-state index in [1.165, 1.54) is 12.0 Å². The van der Waals surface area contributed by atoms with Crippen molar-refractivity contribution in [3.8, 4) is 11.5 Å². The van der Waals surface area contributed by atoms with Gasteiger partial charge in [0.2, 0.25) is 0 Å². The number of methoxy groups -OCH3 is 2. The lowest BCUT2D eigenvalue weighted by atomic mass is 9.94. The average Bonchev–Trinajstić information content (AvgIpc) is 3.02. The van der Waals surface area contributed by atoms with Gasteiger partial charge >= 0.3 is 0 Å². The van der Waals surface area contributed by atoms with Crippen molar-refractivity contribution in [2.75, 3.05) is 27.4 Å². The molecule has 1 unspecified atom stereocenters. The van der Waals surface area contributed by atoms with Crippen LogP contribution < -0.4 is 9.47 Å². The van der Waals surface area contributed by atoms with Gasteiger partial charge in [-0.25, -0.2) is 0 Å². The van der Waals surface area contributed by atoms with Crippen LogP contribution >= 0.6 is 0 Å². The number of benzene rings is 2. The van der Waals surface area contributed by atoms with E-state index in [2.05, 4.69) is 0 Å². The van der Waals surface area contributed by atoms with Crippen molar-refractivity contribution in [3.05, 3.63) is 64.7 Å². The number of rotatable bonds is 8. The maximum atomic E-state index is 13.0. The van der Waals surface area contributed by atoms with Crippen LogP contribution in [-0.4, -0.2) is 55.2 Å². The Bertz CT molecular complexity index is 1030. The van der Waals surface area contributed by atoms with Gasteiger partial charge in [0, 0.05) is 19.2 Å². The molecule has 1 heterocycles. The molecule has 3 rings (SSSR count). The van der Waals surface area contributed by atoms with E-state index in [1.54, 1.807) is 49.6 Å². The molecule has 0 spiro atoms. The third-order valence-corrected chi connectivity index (χ3v) is 5.31. The largest absolute Gasteiger partial charge is 0.507 e. The SMILES string of the molecule is COCCN1C(=O)C(=O)/C(=C(\O)c2ccc(OC)c(C)c2)C1c1ccc(OC(C)C)cc1. The minimum atomic E-state index is -0.736. The monoisotopic (exact) mass is 439 g/mol. The number of aryl methyl sites for hydroxylation is 1. The number of aliphatic hydroxyl groups excluding tert-OH is 1. The van der Waals surface area contributed by atoms with E-state index in [0.717, 1.165) is 5.56 Å². The van der Waals surface area contributed by atoms with Gasteiger partial charge in [-0.3, -0.25) is 9.59 Å². The van der Waals surface area contributed by atoms with E-state index >= 15 is 0 Å². The molecule has 1 aliphatic rings. The number of carbonyl (C=O) groups excluding carboxylic acids is 2. The van der Waals surface area contributed by atoms with E-state index in [-0.39, 0.29) is 30.6 Å². The molecular weight excluding hydrogens is 410 g/mol. The van der Waals surface area contributed by atoms with Gasteiger partial charge in [0.1, 0.15) is 17.3 Å². The number of amides is 1. The molecule has 2 aromatic carbocycles. The molecule has 0 bridgehead atoms. The molecule has 170 valence electrons. The minimum Gasteiger partial charge on any atom is -0.507 e. The molecule has 0 aliphatic carbocycles. The zero-order chi connectivity index (χ0) is 23.4. The number of likely N-dealkylation sites (tertiary alicyclic amines) is 1. The second-order valence-electron chi connectivity index (χ2n) is 7.91. The molecule has 1 N–H and O–H groups in total. The van der Waals surface area contributed by atoms with Crippen LogP contribution in [-0.2, 0) is 14.3 Å². The highest BCUT2D eigenvalue weighted by atomic mass is 16.5. The van der Waals surface area contributed by atoms with E-state index in [9.17, 15) is 14.7 Å². The summed E-state index contributed by atoms with van der Waals surface area (Å²) in [6.07, 6.45) is 0.0199. The quantitative estimate of drug-likeness (QED) is 0.382. The summed E-state index contributed by atoms with van der Waals surface area (Å²) in [5, 5.41) is 11.1. The molecule has 1 saturated heterocycles. The van der Waals surface area contributed by atoms with Crippen LogP contribution in [0.2, 0.25) is 0 Å². The fourth-order valence-electron chi connectivity index (χ4n) is 3.83. The van der Waals surface area contributed by atoms with Crippen LogP contribution in [0.3, 0.4) is 0 Å². The Morgan fingerprint density at radius 2 is 1.78 bits per heavy atom. The molecule has 0 saturated carbocycles. The zero-order valence-electron chi connectivity index (χ0n) is 19.0. The summed E-state index contributed by atoms with van der Waals surface area (Å²) in [5.74, 6) is -0.259. The fraction of sp³-hybridized carbons (Fsp3) is 0.360. The lowest BCUT2D eigenvalue weighted by Crippen LogP contribution is -2.32. The Balaban J connectivity index is 2.11. The van der Waals surface area contributed by atoms with Crippen molar-refractivity contribution in [1.82, 2.24) is 4.90 Å². The van der Waals surface area contributed by atoms with E-state index in [1.807, 2.05) is 20.8 Å². The van der Waals surface area contributed by atoms with Crippen LogP contribution in [0.25, 0.3) is 5.76 Å². The number of hydrogen-bond donors (Lipinski definition) is 1. The van der Waals surface area contributed by atoms with Crippen molar-refractivity contribution in [2.45, 2.75) is 32.9 Å². The molecular formula is C25H29NO6. The topological polar surface area (TPSA) is 85.3 Å². The van der Waals surface area contributed by atoms with Gasteiger partial charge in [-0.05, 0) is 62.2 Å². The molecule has 0 radical (unpaired) electrons. The third kappa shape index (κ3) is 4.62. The molecule has 1 aliphatic heterocycles. The van der Waals surface area contributed by atoms with Crippen molar-refractivity contribution in [3.63, 3.8) is 0 Å². The highest BCUT2D eigenvalue weighted by molar-refractivity contribution is 6.46. The molecule has 0 aromatic heterocycles. The van der Waals surface area contributed by atoms with Crippen LogP contribution in [0.15, 0.2) is 48.0 Å². The molecule has 1 amide bonds. The minimum absolute atomic E-state index is 0.0199. The number of aliphatic hydroxyl groups is 1. The molecule has 7 nitrogen and oxygen atoms in total. The second-order valence-corrected chi connectivity index (χ2v) is 7.91. The first-order valence-corrected chi connectivity index (χ1v) is 10.5. The van der Waals surface area contributed by atoms with Crippen LogP contribution in [0.5, 0.6) is 11.5 Å². The number of nitrogens with zero attached hydrogens (tertiary/aromatic N) is 1. The first kappa shape index (κ1) is 23.3. The summed E-state index contributed by atoms with van der Waals surface area (Å²) in [7, 11) is 3.10. The highest BCUT2D eigenvalue weighted by Crippen LogP contribution is 2.40. The standard InChI is InChI=1S/C25H29NO6/c1-15(2)32-19-9-6-17(7-10-19)22-21(24(28)25(29)26(22)12-13-30-4)23(27)18-8-11-20(31-5)16(3)14-18/h6-11,14-15,22,27H,12-13H2,1-5H3/b23-21-. The first-order valence-electron chi connectivity index (χ1n) is 10.5. The lowest BCUT2D eigenvalue weighted by Gasteiger charge is -2.25.